The van der Waals surface area contributed by atoms with E-state index >= 15 is 0 Å². The summed E-state index contributed by atoms with van der Waals surface area (Å²) in [5.74, 6) is 1.86. The number of pyridine rings is 1. The molecule has 6 rings (SSSR count). The molecule has 9 nitrogen and oxygen atoms in total. The van der Waals surface area contributed by atoms with Crippen LogP contribution >= 0.6 is 0 Å². The summed E-state index contributed by atoms with van der Waals surface area (Å²) in [5.41, 5.74) is 0.673. The number of aromatic nitrogens is 3. The minimum Gasteiger partial charge on any atom is -0.454 e. The zero-order valence-electron chi connectivity index (χ0n) is 22.8. The lowest BCUT2D eigenvalue weighted by Crippen LogP contribution is -2.47. The Hall–Kier alpha value is -3.35. The van der Waals surface area contributed by atoms with Crippen LogP contribution in [0.2, 0.25) is 0 Å². The molecule has 0 amide bonds. The van der Waals surface area contributed by atoms with Gasteiger partial charge in [-0.15, -0.1) is 0 Å². The van der Waals surface area contributed by atoms with Gasteiger partial charge < -0.3 is 24.8 Å². The summed E-state index contributed by atoms with van der Waals surface area (Å²) in [5, 5.41) is 17.0. The number of nitrogens with zero attached hydrogens (tertiary/aromatic N) is 5. The maximum absolute atomic E-state index is 14.1. The van der Waals surface area contributed by atoms with Gasteiger partial charge in [-0.3, -0.25) is 9.58 Å². The number of aliphatic hydroxyl groups excluding tert-OH is 1. The van der Waals surface area contributed by atoms with Crippen LogP contribution < -0.4 is 15.0 Å². The van der Waals surface area contributed by atoms with Gasteiger partial charge in [-0.2, -0.15) is 18.3 Å². The van der Waals surface area contributed by atoms with E-state index in [9.17, 15) is 13.2 Å². The summed E-state index contributed by atoms with van der Waals surface area (Å²) in [7, 11) is 0. The molecule has 3 fully saturated rings. The average Bonchev–Trinajstić information content (AvgIpc) is 3.74. The van der Waals surface area contributed by atoms with Gasteiger partial charge >= 0.3 is 6.18 Å². The summed E-state index contributed by atoms with van der Waals surface area (Å²) in [6.45, 7) is 4.08. The molecule has 3 aromatic rings. The summed E-state index contributed by atoms with van der Waals surface area (Å²) in [6, 6.07) is 8.12. The number of anilines is 3. The Labute approximate surface area is 236 Å². The lowest BCUT2D eigenvalue weighted by Gasteiger charge is -2.37. The fourth-order valence-electron chi connectivity index (χ4n) is 5.54. The Kier molecular flexibility index (Phi) is 8.05. The van der Waals surface area contributed by atoms with E-state index in [1.807, 2.05) is 15.8 Å². The SMILES string of the molecule is OCCN1CCN(c2ccc(Nc3cc(Oc4cn(C5CC5)nc4C4CCOCC4)ccn3)cc2C(F)(F)F)CC1. The van der Waals surface area contributed by atoms with Crippen LogP contribution in [0.4, 0.5) is 30.4 Å². The van der Waals surface area contributed by atoms with Gasteiger partial charge in [0.05, 0.1) is 24.4 Å². The Morgan fingerprint density at radius 1 is 1.02 bits per heavy atom. The predicted molar refractivity (Wildman–Crippen MR) is 148 cm³/mol. The molecule has 1 aliphatic carbocycles. The normalized spacial score (nSPS) is 19.0. The van der Waals surface area contributed by atoms with Crippen molar-refractivity contribution >= 4 is 17.2 Å². The Morgan fingerprint density at radius 2 is 1.80 bits per heavy atom. The van der Waals surface area contributed by atoms with E-state index in [0.717, 1.165) is 37.4 Å². The Morgan fingerprint density at radius 3 is 2.51 bits per heavy atom. The maximum atomic E-state index is 14.1. The zero-order valence-corrected chi connectivity index (χ0v) is 22.8. The lowest BCUT2D eigenvalue weighted by molar-refractivity contribution is -0.137. The van der Waals surface area contributed by atoms with Crippen LogP contribution in [-0.4, -0.2) is 77.3 Å². The molecular weight excluding hydrogens is 537 g/mol. The van der Waals surface area contributed by atoms with Gasteiger partial charge in [-0.25, -0.2) is 4.98 Å². The fraction of sp³-hybridized carbons (Fsp3) is 0.517. The third-order valence-electron chi connectivity index (χ3n) is 7.92. The van der Waals surface area contributed by atoms with Gasteiger partial charge in [-0.1, -0.05) is 0 Å². The molecule has 0 bridgehead atoms. The van der Waals surface area contributed by atoms with E-state index in [1.54, 1.807) is 29.3 Å². The highest BCUT2D eigenvalue weighted by molar-refractivity contribution is 5.66. The molecule has 0 unspecified atom stereocenters. The van der Waals surface area contributed by atoms with Crippen LogP contribution in [0.3, 0.4) is 0 Å². The van der Waals surface area contributed by atoms with E-state index in [4.69, 9.17) is 19.7 Å². The minimum absolute atomic E-state index is 0.0374. The van der Waals surface area contributed by atoms with Crippen molar-refractivity contribution in [2.45, 2.75) is 43.8 Å². The molecular formula is C29H35F3N6O3. The molecule has 41 heavy (non-hydrogen) atoms. The quantitative estimate of drug-likeness (QED) is 0.363. The van der Waals surface area contributed by atoms with E-state index < -0.39 is 11.7 Å². The Bertz CT molecular complexity index is 1330. The molecule has 0 spiro atoms. The number of hydrogen-bond acceptors (Lipinski definition) is 8. The number of ether oxygens (including phenoxy) is 2. The molecule has 2 saturated heterocycles. The van der Waals surface area contributed by atoms with Crippen molar-refractivity contribution in [1.82, 2.24) is 19.7 Å². The van der Waals surface area contributed by atoms with Gasteiger partial charge in [0.15, 0.2) is 5.75 Å². The van der Waals surface area contributed by atoms with Crippen molar-refractivity contribution in [3.8, 4) is 11.5 Å². The summed E-state index contributed by atoms with van der Waals surface area (Å²) < 4.78 is 56.2. The minimum atomic E-state index is -4.52. The molecule has 2 aliphatic heterocycles. The first-order valence-corrected chi connectivity index (χ1v) is 14.2. The van der Waals surface area contributed by atoms with Crippen molar-refractivity contribution in [3.63, 3.8) is 0 Å². The van der Waals surface area contributed by atoms with Crippen LogP contribution in [0.5, 0.6) is 11.5 Å². The zero-order chi connectivity index (χ0) is 28.4. The second-order valence-corrected chi connectivity index (χ2v) is 10.9. The van der Waals surface area contributed by atoms with Crippen molar-refractivity contribution < 1.29 is 27.8 Å². The third kappa shape index (κ3) is 6.60. The van der Waals surface area contributed by atoms with Crippen molar-refractivity contribution in [3.05, 3.63) is 54.0 Å². The standard InChI is InChI=1S/C29H35F3N6O3/c30-29(31,32)24-17-21(1-4-25(24)37-11-9-36(10-12-37)13-14-39)34-27-18-23(5-8-33-27)41-26-19-38(22-2-3-22)35-28(26)20-6-15-40-16-7-20/h1,4-5,8,17-20,22,39H,2-3,6-7,9-16H2,(H,33,34). The number of aliphatic hydroxyl groups is 1. The maximum Gasteiger partial charge on any atom is 0.418 e. The number of hydrogen-bond donors (Lipinski definition) is 2. The lowest BCUT2D eigenvalue weighted by atomic mass is 9.96. The molecule has 2 aromatic heterocycles. The average molecular weight is 573 g/mol. The first-order valence-electron chi connectivity index (χ1n) is 14.2. The largest absolute Gasteiger partial charge is 0.454 e. The monoisotopic (exact) mass is 572 g/mol. The van der Waals surface area contributed by atoms with Crippen molar-refractivity contribution in [1.29, 1.82) is 0 Å². The molecule has 3 aliphatic rings. The van der Waals surface area contributed by atoms with Gasteiger partial charge in [0.2, 0.25) is 0 Å². The van der Waals surface area contributed by atoms with Gasteiger partial charge in [-0.05, 0) is 49.9 Å². The number of benzene rings is 1. The molecule has 12 heteroatoms. The van der Waals surface area contributed by atoms with Crippen LogP contribution in [0.25, 0.3) is 0 Å². The molecule has 0 atom stereocenters. The number of alkyl halides is 3. The number of halogens is 3. The highest BCUT2D eigenvalue weighted by atomic mass is 19.4. The summed E-state index contributed by atoms with van der Waals surface area (Å²) in [6.07, 6.45) is 2.99. The highest BCUT2D eigenvalue weighted by Gasteiger charge is 2.36. The molecule has 1 saturated carbocycles. The second-order valence-electron chi connectivity index (χ2n) is 10.9. The number of piperazine rings is 1. The third-order valence-corrected chi connectivity index (χ3v) is 7.92. The first kappa shape index (κ1) is 27.8. The van der Waals surface area contributed by atoms with Crippen LogP contribution in [0, 0.1) is 0 Å². The van der Waals surface area contributed by atoms with Gasteiger partial charge in [0.1, 0.15) is 17.3 Å². The van der Waals surface area contributed by atoms with Crippen molar-refractivity contribution in [2.24, 2.45) is 0 Å². The first-order chi connectivity index (χ1) is 19.9. The van der Waals surface area contributed by atoms with Gasteiger partial charge in [0, 0.05) is 75.5 Å². The van der Waals surface area contributed by atoms with E-state index in [0.29, 0.717) is 69.3 Å². The van der Waals surface area contributed by atoms with E-state index in [2.05, 4.69) is 10.3 Å². The highest BCUT2D eigenvalue weighted by Crippen LogP contribution is 2.41. The Balaban J connectivity index is 1.19. The predicted octanol–water partition coefficient (Wildman–Crippen LogP) is 5.18. The topological polar surface area (TPSA) is 87.9 Å². The summed E-state index contributed by atoms with van der Waals surface area (Å²) >= 11 is 0. The summed E-state index contributed by atoms with van der Waals surface area (Å²) in [4.78, 5) is 8.12. The number of nitrogens with one attached hydrogen (secondary N) is 1. The van der Waals surface area contributed by atoms with Crippen LogP contribution in [0.1, 0.15) is 48.9 Å². The molecule has 1 aromatic carbocycles. The number of β-amino-alcohol motifs (C(OH)–C–C–N with tert-alkyl or cyclic N) is 1. The number of rotatable bonds is 9. The smallest absolute Gasteiger partial charge is 0.418 e. The van der Waals surface area contributed by atoms with E-state index in [1.165, 1.54) is 6.07 Å². The van der Waals surface area contributed by atoms with Crippen molar-refractivity contribution in [2.75, 3.05) is 62.8 Å². The molecule has 220 valence electrons. The van der Waals surface area contributed by atoms with E-state index in [-0.39, 0.29) is 23.9 Å². The molecule has 0 radical (unpaired) electrons. The van der Waals surface area contributed by atoms with Crippen LogP contribution in [-0.2, 0) is 10.9 Å². The molecule has 2 N–H and O–H groups in total. The fourth-order valence-corrected chi connectivity index (χ4v) is 5.54. The van der Waals surface area contributed by atoms with Gasteiger partial charge in [0.25, 0.3) is 0 Å². The second kappa shape index (κ2) is 11.9. The van der Waals surface area contributed by atoms with Crippen LogP contribution in [0.15, 0.2) is 42.7 Å². The molecule has 4 heterocycles.